The summed E-state index contributed by atoms with van der Waals surface area (Å²) in [6.07, 6.45) is 0.721. The third-order valence-electron chi connectivity index (χ3n) is 3.50. The van der Waals surface area contributed by atoms with Crippen molar-refractivity contribution in [2.24, 2.45) is 5.73 Å². The number of aryl methyl sites for hydroxylation is 1. The van der Waals surface area contributed by atoms with Gasteiger partial charge in [-0.15, -0.1) is 11.3 Å². The molecule has 0 spiro atoms. The quantitative estimate of drug-likeness (QED) is 0.623. The zero-order chi connectivity index (χ0) is 16.8. The van der Waals surface area contributed by atoms with Crippen molar-refractivity contribution in [3.63, 3.8) is 0 Å². The molecule has 2 N–H and O–H groups in total. The molecule has 0 atom stereocenters. The largest absolute Gasteiger partial charge is 0.336 e. The Kier molecular flexibility index (Phi) is 5.84. The van der Waals surface area contributed by atoms with E-state index in [0.29, 0.717) is 29.4 Å². The Morgan fingerprint density at radius 3 is 2.57 bits per heavy atom. The summed E-state index contributed by atoms with van der Waals surface area (Å²) in [5, 5.41) is 10.9. The molecule has 7 heteroatoms. The van der Waals surface area contributed by atoms with Crippen molar-refractivity contribution in [2.75, 3.05) is 19.6 Å². The van der Waals surface area contributed by atoms with Gasteiger partial charge in [0.1, 0.15) is 0 Å². The molecule has 122 valence electrons. The summed E-state index contributed by atoms with van der Waals surface area (Å²) in [6, 6.07) is 11.2. The first-order valence-electron chi connectivity index (χ1n) is 7.31. The molecular formula is C16H19N3O3S. The number of nitrogens with zero attached hydrogens (tertiary/aromatic N) is 2. The van der Waals surface area contributed by atoms with Crippen LogP contribution < -0.4 is 5.73 Å². The van der Waals surface area contributed by atoms with Crippen LogP contribution in [0.1, 0.15) is 20.1 Å². The number of benzene rings is 1. The first-order chi connectivity index (χ1) is 11.0. The molecule has 0 aliphatic carbocycles. The highest BCUT2D eigenvalue weighted by Crippen LogP contribution is 2.28. The first kappa shape index (κ1) is 17.1. The maximum Gasteiger partial charge on any atom is 0.283 e. The van der Waals surface area contributed by atoms with Crippen molar-refractivity contribution in [1.82, 2.24) is 4.90 Å². The fourth-order valence-corrected chi connectivity index (χ4v) is 3.25. The number of hydrogen-bond acceptors (Lipinski definition) is 5. The van der Waals surface area contributed by atoms with Crippen LogP contribution in [0, 0.1) is 17.0 Å². The van der Waals surface area contributed by atoms with Crippen molar-refractivity contribution in [3.8, 4) is 0 Å². The number of carbonyl (C=O) groups is 1. The predicted molar refractivity (Wildman–Crippen MR) is 90.8 cm³/mol. The SMILES string of the molecule is Cc1sc(C(=O)N(CCN)CCc2ccccc2)cc1[N+](=O)[O-]. The molecule has 0 unspecified atom stereocenters. The van der Waals surface area contributed by atoms with E-state index in [1.165, 1.54) is 6.07 Å². The monoisotopic (exact) mass is 333 g/mol. The van der Waals surface area contributed by atoms with E-state index in [-0.39, 0.29) is 11.6 Å². The topological polar surface area (TPSA) is 89.5 Å². The molecule has 0 bridgehead atoms. The van der Waals surface area contributed by atoms with Crippen molar-refractivity contribution in [2.45, 2.75) is 13.3 Å². The molecule has 2 rings (SSSR count). The van der Waals surface area contributed by atoms with E-state index < -0.39 is 4.92 Å². The Labute approximate surface area is 138 Å². The molecule has 0 aliphatic rings. The van der Waals surface area contributed by atoms with E-state index >= 15 is 0 Å². The van der Waals surface area contributed by atoms with E-state index in [4.69, 9.17) is 5.73 Å². The predicted octanol–water partition coefficient (Wildman–Crippen LogP) is 2.61. The lowest BCUT2D eigenvalue weighted by Gasteiger charge is -2.21. The van der Waals surface area contributed by atoms with Gasteiger partial charge in [-0.2, -0.15) is 0 Å². The Morgan fingerprint density at radius 2 is 2.00 bits per heavy atom. The summed E-state index contributed by atoms with van der Waals surface area (Å²) in [7, 11) is 0. The van der Waals surface area contributed by atoms with Gasteiger partial charge in [0.2, 0.25) is 0 Å². The summed E-state index contributed by atoms with van der Waals surface area (Å²) >= 11 is 1.15. The third-order valence-corrected chi connectivity index (χ3v) is 4.53. The van der Waals surface area contributed by atoms with Gasteiger partial charge in [0, 0.05) is 25.7 Å². The average Bonchev–Trinajstić information content (AvgIpc) is 2.94. The molecule has 0 saturated heterocycles. The van der Waals surface area contributed by atoms with Gasteiger partial charge in [-0.25, -0.2) is 0 Å². The van der Waals surface area contributed by atoms with Gasteiger partial charge in [-0.3, -0.25) is 14.9 Å². The van der Waals surface area contributed by atoms with Crippen molar-refractivity contribution >= 4 is 22.9 Å². The highest BCUT2D eigenvalue weighted by atomic mass is 32.1. The molecule has 0 saturated carbocycles. The molecule has 1 aromatic carbocycles. The van der Waals surface area contributed by atoms with Crippen LogP contribution in [-0.2, 0) is 6.42 Å². The fraction of sp³-hybridized carbons (Fsp3) is 0.312. The van der Waals surface area contributed by atoms with Crippen LogP contribution in [0.15, 0.2) is 36.4 Å². The second-order valence-corrected chi connectivity index (χ2v) is 6.38. The molecule has 1 aromatic heterocycles. The summed E-state index contributed by atoms with van der Waals surface area (Å²) < 4.78 is 0. The third kappa shape index (κ3) is 4.37. The van der Waals surface area contributed by atoms with E-state index in [9.17, 15) is 14.9 Å². The van der Waals surface area contributed by atoms with E-state index in [1.54, 1.807) is 11.8 Å². The number of amides is 1. The molecule has 0 aliphatic heterocycles. The van der Waals surface area contributed by atoms with Crippen LogP contribution in [0.2, 0.25) is 0 Å². The molecule has 2 aromatic rings. The van der Waals surface area contributed by atoms with Gasteiger partial charge >= 0.3 is 0 Å². The van der Waals surface area contributed by atoms with Crippen LogP contribution in [0.4, 0.5) is 5.69 Å². The fourth-order valence-electron chi connectivity index (χ4n) is 2.29. The lowest BCUT2D eigenvalue weighted by Crippen LogP contribution is -2.36. The van der Waals surface area contributed by atoms with E-state index in [1.807, 2.05) is 30.3 Å². The highest BCUT2D eigenvalue weighted by Gasteiger charge is 2.23. The zero-order valence-electron chi connectivity index (χ0n) is 12.9. The molecule has 1 heterocycles. The van der Waals surface area contributed by atoms with Crippen molar-refractivity contribution < 1.29 is 9.72 Å². The standard InChI is InChI=1S/C16H19N3O3S/c1-12-14(19(21)22)11-15(23-12)16(20)18(10-8-17)9-7-13-5-3-2-4-6-13/h2-6,11H,7-10,17H2,1H3. The van der Waals surface area contributed by atoms with Crippen LogP contribution in [0.5, 0.6) is 0 Å². The van der Waals surface area contributed by atoms with E-state index in [2.05, 4.69) is 0 Å². The minimum absolute atomic E-state index is 0.00546. The second-order valence-electron chi connectivity index (χ2n) is 5.13. The Balaban J connectivity index is 2.11. The number of hydrogen-bond donors (Lipinski definition) is 1. The smallest absolute Gasteiger partial charge is 0.283 e. The first-order valence-corrected chi connectivity index (χ1v) is 8.12. The number of rotatable bonds is 7. The van der Waals surface area contributed by atoms with Gasteiger partial charge < -0.3 is 10.6 Å². The van der Waals surface area contributed by atoms with Crippen molar-refractivity contribution in [3.05, 3.63) is 61.8 Å². The van der Waals surface area contributed by atoms with Crippen LogP contribution in [0.25, 0.3) is 0 Å². The molecule has 23 heavy (non-hydrogen) atoms. The summed E-state index contributed by atoms with van der Waals surface area (Å²) in [4.78, 5) is 25.7. The minimum Gasteiger partial charge on any atom is -0.336 e. The number of nitro groups is 1. The van der Waals surface area contributed by atoms with Crippen LogP contribution >= 0.6 is 11.3 Å². The van der Waals surface area contributed by atoms with Crippen molar-refractivity contribution in [1.29, 1.82) is 0 Å². The van der Waals surface area contributed by atoms with Gasteiger partial charge in [0.15, 0.2) is 0 Å². The lowest BCUT2D eigenvalue weighted by atomic mass is 10.1. The Hall–Kier alpha value is -2.25. The number of thiophene rings is 1. The molecule has 6 nitrogen and oxygen atoms in total. The number of carbonyl (C=O) groups excluding carboxylic acids is 1. The number of nitrogens with two attached hydrogens (primary N) is 1. The Morgan fingerprint density at radius 1 is 1.30 bits per heavy atom. The lowest BCUT2D eigenvalue weighted by molar-refractivity contribution is -0.385. The maximum atomic E-state index is 12.6. The van der Waals surface area contributed by atoms with Crippen LogP contribution in [-0.4, -0.2) is 35.4 Å². The highest BCUT2D eigenvalue weighted by molar-refractivity contribution is 7.14. The second kappa shape index (κ2) is 7.85. The Bertz CT molecular complexity index is 685. The molecule has 0 radical (unpaired) electrons. The van der Waals surface area contributed by atoms with Gasteiger partial charge in [-0.05, 0) is 18.9 Å². The van der Waals surface area contributed by atoms with Gasteiger partial charge in [0.05, 0.1) is 14.7 Å². The average molecular weight is 333 g/mol. The summed E-state index contributed by atoms with van der Waals surface area (Å²) in [5.41, 5.74) is 6.73. The normalized spacial score (nSPS) is 10.5. The van der Waals surface area contributed by atoms with Gasteiger partial charge in [0.25, 0.3) is 11.6 Å². The minimum atomic E-state index is -0.458. The molecular weight excluding hydrogens is 314 g/mol. The van der Waals surface area contributed by atoms with Crippen LogP contribution in [0.3, 0.4) is 0 Å². The van der Waals surface area contributed by atoms with Gasteiger partial charge in [-0.1, -0.05) is 30.3 Å². The van der Waals surface area contributed by atoms with E-state index in [0.717, 1.165) is 23.3 Å². The summed E-state index contributed by atoms with van der Waals surface area (Å²) in [5.74, 6) is -0.201. The zero-order valence-corrected chi connectivity index (χ0v) is 13.7. The molecule has 1 amide bonds. The summed E-state index contributed by atoms with van der Waals surface area (Å²) in [6.45, 7) is 2.96. The maximum absolute atomic E-state index is 12.6. The molecule has 0 fully saturated rings.